The van der Waals surface area contributed by atoms with E-state index in [1.54, 1.807) is 18.2 Å². The highest BCUT2D eigenvalue weighted by atomic mass is 35.5. The largest absolute Gasteiger partial charge is 0.711 e. The van der Waals surface area contributed by atoms with E-state index < -0.39 is 0 Å². The summed E-state index contributed by atoms with van der Waals surface area (Å²) in [6, 6.07) is 4.88. The predicted molar refractivity (Wildman–Crippen MR) is 53.0 cm³/mol. The molecule has 0 saturated carbocycles. The van der Waals surface area contributed by atoms with Gasteiger partial charge in [-0.15, -0.1) is 12.4 Å². The lowest BCUT2D eigenvalue weighted by Crippen LogP contribution is -2.30. The van der Waals surface area contributed by atoms with Crippen LogP contribution in [0.5, 0.6) is 0 Å². The van der Waals surface area contributed by atoms with E-state index in [2.05, 4.69) is 17.9 Å². The van der Waals surface area contributed by atoms with E-state index in [0.29, 0.717) is 10.5 Å². The molecular weight excluding hydrogens is 198 g/mol. The van der Waals surface area contributed by atoms with Crippen molar-refractivity contribution in [3.05, 3.63) is 29.6 Å². The zero-order valence-corrected chi connectivity index (χ0v) is 7.73. The molecule has 0 aliphatic rings. The number of pyridine rings is 1. The number of halogens is 1. The van der Waals surface area contributed by atoms with Crippen molar-refractivity contribution in [1.29, 1.82) is 5.41 Å². The molecule has 0 fully saturated rings. The smallest absolute Gasteiger partial charge is 0.284 e. The van der Waals surface area contributed by atoms with Crippen LogP contribution in [0.4, 0.5) is 5.82 Å². The van der Waals surface area contributed by atoms with Gasteiger partial charge < -0.3 is 5.21 Å². The Balaban J connectivity index is 0.00000121. The van der Waals surface area contributed by atoms with Gasteiger partial charge in [0.1, 0.15) is 0 Å². The molecule has 1 aromatic rings. The summed E-state index contributed by atoms with van der Waals surface area (Å²) in [5, 5.41) is 20.2. The monoisotopic (exact) mass is 205 g/mol. The van der Waals surface area contributed by atoms with Gasteiger partial charge in [0.2, 0.25) is 5.17 Å². The topological polar surface area (TPSA) is 62.8 Å². The van der Waals surface area contributed by atoms with Gasteiger partial charge in [-0.1, -0.05) is 18.7 Å². The van der Waals surface area contributed by atoms with Gasteiger partial charge in [0, 0.05) is 6.07 Å². The van der Waals surface area contributed by atoms with Crippen molar-refractivity contribution in [2.75, 3.05) is 5.32 Å². The number of hydrogen-bond acceptors (Lipinski definition) is 2. The van der Waals surface area contributed by atoms with Crippen LogP contribution in [0.25, 0.3) is 0 Å². The van der Waals surface area contributed by atoms with Crippen LogP contribution in [0.15, 0.2) is 24.4 Å². The summed E-state index contributed by atoms with van der Waals surface area (Å²) < 4.78 is 0.630. The maximum atomic E-state index is 10.9. The summed E-state index contributed by atoms with van der Waals surface area (Å²) >= 11 is 3.68. The molecule has 0 aliphatic carbocycles. The van der Waals surface area contributed by atoms with Crippen molar-refractivity contribution in [2.24, 2.45) is 0 Å². The molecule has 12 heavy (non-hydrogen) atoms. The number of rotatable bonds is 1. The summed E-state index contributed by atoms with van der Waals surface area (Å²) in [6.07, 6.45) is 1.35. The van der Waals surface area contributed by atoms with Crippen molar-refractivity contribution in [1.82, 2.24) is 0 Å². The second-order valence-corrected chi connectivity index (χ2v) is 2.33. The number of aromatic nitrogens is 1. The van der Waals surface area contributed by atoms with Crippen molar-refractivity contribution in [2.45, 2.75) is 0 Å². The van der Waals surface area contributed by atoms with Crippen LogP contribution in [0.3, 0.4) is 0 Å². The summed E-state index contributed by atoms with van der Waals surface area (Å²) in [6.45, 7) is 0. The number of nitrogens with one attached hydrogen (secondary N) is 2. The molecule has 0 bridgehead atoms. The minimum Gasteiger partial charge on any atom is -0.711 e. The van der Waals surface area contributed by atoms with Gasteiger partial charge in [0.25, 0.3) is 5.82 Å². The quantitative estimate of drug-likeness (QED) is 0.211. The van der Waals surface area contributed by atoms with Crippen molar-refractivity contribution in [3.63, 3.8) is 0 Å². The third kappa shape index (κ3) is 2.98. The highest BCUT2D eigenvalue weighted by Crippen LogP contribution is 1.97. The molecule has 0 spiro atoms. The average molecular weight is 206 g/mol. The Kier molecular flexibility index (Phi) is 4.46. The molecule has 1 heterocycles. The number of amidine groups is 1. The van der Waals surface area contributed by atoms with Crippen molar-refractivity contribution < 1.29 is 4.73 Å². The minimum absolute atomic E-state index is 0. The van der Waals surface area contributed by atoms with Crippen LogP contribution in [0.2, 0.25) is 0 Å². The third-order valence-corrected chi connectivity index (χ3v) is 1.18. The zero-order chi connectivity index (χ0) is 8.27. The maximum absolute atomic E-state index is 10.9. The number of hydrogen-bond donors (Lipinski definition) is 3. The van der Waals surface area contributed by atoms with Gasteiger partial charge in [-0.2, -0.15) is 0 Å². The van der Waals surface area contributed by atoms with Crippen LogP contribution < -0.4 is 10.0 Å². The van der Waals surface area contributed by atoms with Crippen LogP contribution >= 0.6 is 25.0 Å². The van der Waals surface area contributed by atoms with E-state index in [1.807, 2.05) is 0 Å². The van der Waals surface area contributed by atoms with Gasteiger partial charge in [-0.3, -0.25) is 5.41 Å². The normalized spacial score (nSPS) is 8.42. The minimum atomic E-state index is -0.0548. The Morgan fingerprint density at radius 3 is 2.75 bits per heavy atom. The molecule has 0 radical (unpaired) electrons. The summed E-state index contributed by atoms with van der Waals surface area (Å²) in [5.74, 6) is 0.299. The van der Waals surface area contributed by atoms with E-state index in [9.17, 15) is 5.21 Å². The van der Waals surface area contributed by atoms with E-state index in [1.165, 1.54) is 6.20 Å². The van der Waals surface area contributed by atoms with Crippen molar-refractivity contribution >= 4 is 36.0 Å². The molecule has 1 aromatic heterocycles. The molecule has 0 unspecified atom stereocenters. The lowest BCUT2D eigenvalue weighted by Gasteiger charge is -2.05. The summed E-state index contributed by atoms with van der Waals surface area (Å²) in [4.78, 5) is 0. The standard InChI is InChI=1S/C6H7N3OS.ClH/c7-6(11)8-5-3-1-2-4-9(5)10;/h1-4H,(H3,7,8,11);1H. The molecule has 0 amide bonds. The van der Waals surface area contributed by atoms with E-state index >= 15 is 0 Å². The third-order valence-electron chi connectivity index (χ3n) is 1.07. The van der Waals surface area contributed by atoms with Gasteiger partial charge >= 0.3 is 0 Å². The molecule has 0 saturated heterocycles. The first-order chi connectivity index (χ1) is 5.20. The van der Waals surface area contributed by atoms with Crippen LogP contribution in [-0.4, -0.2) is 5.17 Å². The number of nitrogens with zero attached hydrogens (tertiary/aromatic N) is 1. The molecule has 1 rings (SSSR count). The molecule has 0 aromatic carbocycles. The van der Waals surface area contributed by atoms with E-state index in [-0.39, 0.29) is 17.6 Å². The SMILES string of the molecule is Cl.N=C(S)Nc1cccc[n+]1[O-]. The lowest BCUT2D eigenvalue weighted by atomic mass is 10.5. The molecule has 0 aliphatic heterocycles. The second kappa shape index (κ2) is 4.84. The Morgan fingerprint density at radius 1 is 1.58 bits per heavy atom. The fourth-order valence-corrected chi connectivity index (χ4v) is 0.761. The zero-order valence-electron chi connectivity index (χ0n) is 6.02. The average Bonchev–Trinajstić information content (AvgIpc) is 1.93. The Hall–Kier alpha value is -0.940. The van der Waals surface area contributed by atoms with Gasteiger partial charge in [-0.25, -0.2) is 10.0 Å². The maximum Gasteiger partial charge on any atom is 0.284 e. The summed E-state index contributed by atoms with van der Waals surface area (Å²) in [5.41, 5.74) is 0. The Morgan fingerprint density at radius 2 is 2.25 bits per heavy atom. The molecule has 6 heteroatoms. The Labute approximate surface area is 81.5 Å². The molecule has 66 valence electrons. The van der Waals surface area contributed by atoms with Gasteiger partial charge in [-0.05, 0) is 6.07 Å². The van der Waals surface area contributed by atoms with Crippen LogP contribution in [0.1, 0.15) is 0 Å². The van der Waals surface area contributed by atoms with Crippen molar-refractivity contribution in [3.8, 4) is 0 Å². The lowest BCUT2D eigenvalue weighted by molar-refractivity contribution is -0.589. The van der Waals surface area contributed by atoms with Gasteiger partial charge in [0.15, 0.2) is 0 Å². The molecule has 4 nitrogen and oxygen atoms in total. The number of anilines is 1. The first-order valence-electron chi connectivity index (χ1n) is 2.93. The first kappa shape index (κ1) is 11.1. The highest BCUT2D eigenvalue weighted by Gasteiger charge is 2.01. The van der Waals surface area contributed by atoms with Gasteiger partial charge in [0.05, 0.1) is 6.20 Å². The molecular formula is C6H8ClN3OS. The fraction of sp³-hybridized carbons (Fsp3) is 0. The highest BCUT2D eigenvalue weighted by molar-refractivity contribution is 7.97. The van der Waals surface area contributed by atoms with Crippen LogP contribution in [-0.2, 0) is 0 Å². The summed E-state index contributed by atoms with van der Waals surface area (Å²) in [7, 11) is 0. The van der Waals surface area contributed by atoms with E-state index in [0.717, 1.165) is 0 Å². The molecule has 2 N–H and O–H groups in total. The second-order valence-electron chi connectivity index (χ2n) is 1.89. The van der Waals surface area contributed by atoms with Crippen LogP contribution in [0, 0.1) is 10.6 Å². The first-order valence-corrected chi connectivity index (χ1v) is 3.37. The number of thiol groups is 1. The fourth-order valence-electron chi connectivity index (χ4n) is 0.646. The Bertz CT molecular complexity index is 281. The van der Waals surface area contributed by atoms with E-state index in [4.69, 9.17) is 5.41 Å². The predicted octanol–water partition coefficient (Wildman–Crippen LogP) is 1.02. The molecule has 0 atom stereocenters.